The van der Waals surface area contributed by atoms with Gasteiger partial charge in [0.2, 0.25) is 5.91 Å². The largest absolute Gasteiger partial charge is 0.346 e. The topological polar surface area (TPSA) is 29.1 Å². The summed E-state index contributed by atoms with van der Waals surface area (Å²) in [7, 11) is 2.59. The predicted octanol–water partition coefficient (Wildman–Crippen LogP) is 1.54. The fraction of sp³-hybridized carbons (Fsp3) is 0.625. The van der Waals surface area contributed by atoms with Gasteiger partial charge in [-0.3, -0.25) is 4.79 Å². The molecule has 0 aliphatic rings. The van der Waals surface area contributed by atoms with Crippen molar-refractivity contribution in [3.05, 3.63) is 12.2 Å². The first-order valence-electron chi connectivity index (χ1n) is 3.67. The third-order valence-electron chi connectivity index (χ3n) is 1.40. The molecule has 0 rings (SSSR count). The van der Waals surface area contributed by atoms with E-state index in [1.54, 1.807) is 6.92 Å². The highest BCUT2D eigenvalue weighted by molar-refractivity contribution is 7.17. The molecule has 11 heavy (non-hydrogen) atoms. The summed E-state index contributed by atoms with van der Waals surface area (Å²) in [5, 5.41) is 2.80. The van der Waals surface area contributed by atoms with Gasteiger partial charge in [-0.25, -0.2) is 0 Å². The van der Waals surface area contributed by atoms with Crippen LogP contribution in [0.2, 0.25) is 0 Å². The highest BCUT2D eigenvalue weighted by atomic mass is 31.0. The maximum absolute atomic E-state index is 11.0. The van der Waals surface area contributed by atoms with Crippen LogP contribution in [0, 0.1) is 5.92 Å². The molecular weight excluding hydrogens is 157 g/mol. The smallest absolute Gasteiger partial charge is 0.246 e. The standard InChI is InChI=1S/C8H16NOP/c1-5(2)7(10)9-8(11)6(3)4/h6,8H,1,11H2,2-4H3,(H,9,10). The molecule has 0 radical (unpaired) electrons. The predicted molar refractivity (Wildman–Crippen MR) is 51.3 cm³/mol. The van der Waals surface area contributed by atoms with Crippen LogP contribution in [0.3, 0.4) is 0 Å². The first kappa shape index (κ1) is 10.6. The van der Waals surface area contributed by atoms with E-state index < -0.39 is 0 Å². The van der Waals surface area contributed by atoms with Crippen molar-refractivity contribution in [2.45, 2.75) is 26.6 Å². The van der Waals surface area contributed by atoms with Crippen LogP contribution >= 0.6 is 9.24 Å². The van der Waals surface area contributed by atoms with Crippen molar-refractivity contribution in [3.63, 3.8) is 0 Å². The van der Waals surface area contributed by atoms with Gasteiger partial charge in [0.25, 0.3) is 0 Å². The van der Waals surface area contributed by atoms with Gasteiger partial charge in [0, 0.05) is 11.4 Å². The zero-order valence-corrected chi connectivity index (χ0v) is 8.50. The van der Waals surface area contributed by atoms with Crippen LogP contribution in [0.5, 0.6) is 0 Å². The average molecular weight is 173 g/mol. The number of rotatable bonds is 3. The molecule has 2 atom stereocenters. The van der Waals surface area contributed by atoms with Crippen LogP contribution in [0.1, 0.15) is 20.8 Å². The first-order chi connectivity index (χ1) is 4.95. The summed E-state index contributed by atoms with van der Waals surface area (Å²) in [5.74, 6) is 0.501. The van der Waals surface area contributed by atoms with Gasteiger partial charge in [-0.1, -0.05) is 20.4 Å². The molecule has 2 nitrogen and oxygen atoms in total. The summed E-state index contributed by atoms with van der Waals surface area (Å²) in [5.41, 5.74) is 0.554. The summed E-state index contributed by atoms with van der Waals surface area (Å²) >= 11 is 0. The minimum Gasteiger partial charge on any atom is -0.346 e. The second-order valence-corrected chi connectivity index (χ2v) is 3.74. The van der Waals surface area contributed by atoms with Crippen molar-refractivity contribution >= 4 is 15.1 Å². The van der Waals surface area contributed by atoms with E-state index in [1.165, 1.54) is 0 Å². The highest BCUT2D eigenvalue weighted by Gasteiger charge is 2.10. The van der Waals surface area contributed by atoms with E-state index in [0.717, 1.165) is 0 Å². The number of nitrogens with one attached hydrogen (secondary N) is 1. The molecule has 0 saturated heterocycles. The number of amides is 1. The Balaban J connectivity index is 3.85. The lowest BCUT2D eigenvalue weighted by atomic mass is 10.2. The monoisotopic (exact) mass is 173 g/mol. The second kappa shape index (κ2) is 4.50. The molecule has 0 aromatic rings. The molecule has 0 spiro atoms. The molecule has 64 valence electrons. The molecule has 0 saturated carbocycles. The molecule has 1 N–H and O–H groups in total. The maximum atomic E-state index is 11.0. The molecule has 1 amide bonds. The van der Waals surface area contributed by atoms with Gasteiger partial charge in [-0.15, -0.1) is 9.24 Å². The summed E-state index contributed by atoms with van der Waals surface area (Å²) in [4.78, 5) is 11.0. The minimum absolute atomic E-state index is 0.0706. The lowest BCUT2D eigenvalue weighted by Gasteiger charge is -2.16. The Morgan fingerprint density at radius 2 is 2.00 bits per heavy atom. The third-order valence-corrected chi connectivity index (χ3v) is 2.34. The Morgan fingerprint density at radius 3 is 2.27 bits per heavy atom. The summed E-state index contributed by atoms with van der Waals surface area (Å²) in [6.45, 7) is 9.35. The Bertz CT molecular complexity index is 165. The third kappa shape index (κ3) is 4.15. The van der Waals surface area contributed by atoms with E-state index in [-0.39, 0.29) is 11.7 Å². The molecule has 0 aliphatic carbocycles. The molecule has 0 bridgehead atoms. The average Bonchev–Trinajstić information content (AvgIpc) is 1.87. The Kier molecular flexibility index (Phi) is 4.36. The Morgan fingerprint density at radius 1 is 1.55 bits per heavy atom. The van der Waals surface area contributed by atoms with Crippen LogP contribution in [0.25, 0.3) is 0 Å². The molecule has 0 aliphatic heterocycles. The molecule has 0 aromatic carbocycles. The van der Waals surface area contributed by atoms with Gasteiger partial charge in [0.05, 0.1) is 0 Å². The Hall–Kier alpha value is -0.360. The van der Waals surface area contributed by atoms with E-state index in [2.05, 4.69) is 35.0 Å². The second-order valence-electron chi connectivity index (χ2n) is 3.02. The van der Waals surface area contributed by atoms with Gasteiger partial charge in [0.1, 0.15) is 0 Å². The maximum Gasteiger partial charge on any atom is 0.246 e. The van der Waals surface area contributed by atoms with Crippen LogP contribution in [-0.4, -0.2) is 11.7 Å². The summed E-state index contributed by atoms with van der Waals surface area (Å²) in [6.07, 6.45) is 0. The van der Waals surface area contributed by atoms with Crippen LogP contribution in [0.4, 0.5) is 0 Å². The number of carbonyl (C=O) groups is 1. The first-order valence-corrected chi connectivity index (χ1v) is 4.33. The molecular formula is C8H16NOP. The molecule has 0 fully saturated rings. The van der Waals surface area contributed by atoms with Gasteiger partial charge in [-0.2, -0.15) is 0 Å². The van der Waals surface area contributed by atoms with E-state index in [0.29, 0.717) is 11.5 Å². The number of hydrogen-bond donors (Lipinski definition) is 1. The molecule has 0 aromatic heterocycles. The molecule has 2 unspecified atom stereocenters. The van der Waals surface area contributed by atoms with Crippen molar-refractivity contribution in [3.8, 4) is 0 Å². The van der Waals surface area contributed by atoms with Gasteiger partial charge < -0.3 is 5.32 Å². The zero-order chi connectivity index (χ0) is 9.02. The highest BCUT2D eigenvalue weighted by Crippen LogP contribution is 2.08. The fourth-order valence-corrected chi connectivity index (χ4v) is 0.593. The SMILES string of the molecule is C=C(C)C(=O)NC(P)C(C)C. The van der Waals surface area contributed by atoms with E-state index in [1.807, 2.05) is 0 Å². The quantitative estimate of drug-likeness (QED) is 0.509. The van der Waals surface area contributed by atoms with Crippen molar-refractivity contribution in [2.75, 3.05) is 0 Å². The number of hydrogen-bond acceptors (Lipinski definition) is 1. The fourth-order valence-electron chi connectivity index (χ4n) is 0.441. The summed E-state index contributed by atoms with van der Waals surface area (Å²) in [6, 6.07) is 0. The van der Waals surface area contributed by atoms with E-state index >= 15 is 0 Å². The Labute approximate surface area is 70.6 Å². The van der Waals surface area contributed by atoms with Gasteiger partial charge in [-0.05, 0) is 12.8 Å². The van der Waals surface area contributed by atoms with Crippen LogP contribution in [0.15, 0.2) is 12.2 Å². The van der Waals surface area contributed by atoms with E-state index in [9.17, 15) is 4.79 Å². The van der Waals surface area contributed by atoms with Crippen LogP contribution < -0.4 is 5.32 Å². The van der Waals surface area contributed by atoms with Crippen molar-refractivity contribution in [2.24, 2.45) is 5.92 Å². The molecule has 0 heterocycles. The van der Waals surface area contributed by atoms with Crippen molar-refractivity contribution < 1.29 is 4.79 Å². The lowest BCUT2D eigenvalue weighted by molar-refractivity contribution is -0.117. The minimum atomic E-state index is -0.0706. The zero-order valence-electron chi connectivity index (χ0n) is 7.35. The van der Waals surface area contributed by atoms with Gasteiger partial charge >= 0.3 is 0 Å². The van der Waals surface area contributed by atoms with E-state index in [4.69, 9.17) is 0 Å². The normalized spacial score (nSPS) is 12.8. The van der Waals surface area contributed by atoms with Crippen LogP contribution in [-0.2, 0) is 4.79 Å². The number of carbonyl (C=O) groups excluding carboxylic acids is 1. The van der Waals surface area contributed by atoms with Gasteiger partial charge in [0.15, 0.2) is 0 Å². The summed E-state index contributed by atoms with van der Waals surface area (Å²) < 4.78 is 0. The van der Waals surface area contributed by atoms with Crippen molar-refractivity contribution in [1.29, 1.82) is 0 Å². The lowest BCUT2D eigenvalue weighted by Crippen LogP contribution is -2.34. The van der Waals surface area contributed by atoms with Crippen molar-refractivity contribution in [1.82, 2.24) is 5.32 Å². The molecule has 3 heteroatoms.